The van der Waals surface area contributed by atoms with Gasteiger partial charge in [-0.1, -0.05) is 38.1 Å². The summed E-state index contributed by atoms with van der Waals surface area (Å²) in [6, 6.07) is 10.5. The Morgan fingerprint density at radius 3 is 2.55 bits per heavy atom. The topological polar surface area (TPSA) is 15.3 Å². The normalized spacial score (nSPS) is 21.7. The van der Waals surface area contributed by atoms with E-state index in [9.17, 15) is 0 Å². The van der Waals surface area contributed by atoms with E-state index in [0.29, 0.717) is 6.04 Å². The predicted molar refractivity (Wildman–Crippen MR) is 87.1 cm³/mol. The third kappa shape index (κ3) is 3.83. The molecule has 2 nitrogen and oxygen atoms in total. The van der Waals surface area contributed by atoms with Crippen molar-refractivity contribution in [2.45, 2.75) is 58.0 Å². The average Bonchev–Trinajstić information content (AvgIpc) is 2.77. The molecule has 112 valence electrons. The zero-order chi connectivity index (χ0) is 14.4. The van der Waals surface area contributed by atoms with Crippen LogP contribution in [-0.4, -0.2) is 31.1 Å². The molecule has 2 heteroatoms. The second kappa shape index (κ2) is 7.80. The van der Waals surface area contributed by atoms with Crippen molar-refractivity contribution in [3.63, 3.8) is 0 Å². The minimum absolute atomic E-state index is 0.559. The summed E-state index contributed by atoms with van der Waals surface area (Å²) in [4.78, 5) is 2.62. The van der Waals surface area contributed by atoms with Crippen LogP contribution in [-0.2, 0) is 6.42 Å². The van der Waals surface area contributed by atoms with Gasteiger partial charge in [0.15, 0.2) is 0 Å². The van der Waals surface area contributed by atoms with Crippen molar-refractivity contribution in [3.8, 4) is 0 Å². The van der Waals surface area contributed by atoms with Gasteiger partial charge in [0.05, 0.1) is 0 Å². The molecule has 2 unspecified atom stereocenters. The summed E-state index contributed by atoms with van der Waals surface area (Å²) in [6.45, 7) is 6.88. The van der Waals surface area contributed by atoms with Gasteiger partial charge in [-0.25, -0.2) is 0 Å². The van der Waals surface area contributed by atoms with Crippen LogP contribution in [0.5, 0.6) is 0 Å². The van der Waals surface area contributed by atoms with Crippen LogP contribution >= 0.6 is 0 Å². The first-order valence-electron chi connectivity index (χ1n) is 8.27. The number of aryl methyl sites for hydroxylation is 1. The fourth-order valence-electron chi connectivity index (χ4n) is 3.40. The van der Waals surface area contributed by atoms with Crippen molar-refractivity contribution in [1.29, 1.82) is 0 Å². The second-order valence-electron chi connectivity index (χ2n) is 6.02. The molecule has 0 bridgehead atoms. The minimum Gasteiger partial charge on any atom is -0.317 e. The first-order chi connectivity index (χ1) is 9.76. The van der Waals surface area contributed by atoms with Gasteiger partial charge in [0.1, 0.15) is 0 Å². The molecule has 0 aliphatic carbocycles. The first kappa shape index (κ1) is 15.5. The van der Waals surface area contributed by atoms with Crippen molar-refractivity contribution in [2.75, 3.05) is 20.1 Å². The molecular formula is C18H30N2. The van der Waals surface area contributed by atoms with Crippen LogP contribution in [0.15, 0.2) is 24.3 Å². The Kier molecular flexibility index (Phi) is 6.06. The molecule has 0 saturated carbocycles. The molecule has 1 saturated heterocycles. The van der Waals surface area contributed by atoms with Gasteiger partial charge in [0.25, 0.3) is 0 Å². The van der Waals surface area contributed by atoms with Gasteiger partial charge in [0, 0.05) is 12.1 Å². The van der Waals surface area contributed by atoms with E-state index >= 15 is 0 Å². The molecule has 1 aliphatic rings. The average molecular weight is 274 g/mol. The molecule has 2 atom stereocenters. The fourth-order valence-corrected chi connectivity index (χ4v) is 3.40. The largest absolute Gasteiger partial charge is 0.317 e. The molecule has 1 aliphatic heterocycles. The van der Waals surface area contributed by atoms with Crippen LogP contribution in [0.25, 0.3) is 0 Å². The van der Waals surface area contributed by atoms with E-state index in [1.807, 2.05) is 0 Å². The molecule has 0 spiro atoms. The number of hydrogen-bond acceptors (Lipinski definition) is 2. The number of hydrogen-bond donors (Lipinski definition) is 1. The van der Waals surface area contributed by atoms with E-state index in [1.165, 1.54) is 49.9 Å². The molecule has 0 aromatic heterocycles. The van der Waals surface area contributed by atoms with Gasteiger partial charge < -0.3 is 5.32 Å². The maximum Gasteiger partial charge on any atom is 0.0345 e. The SMILES string of the molecule is CCc1ccc(C(CC)N(C)C2CCCNCC2)cc1. The van der Waals surface area contributed by atoms with E-state index in [-0.39, 0.29) is 0 Å². The summed E-state index contributed by atoms with van der Waals surface area (Å²) in [5, 5.41) is 3.52. The number of benzene rings is 1. The lowest BCUT2D eigenvalue weighted by Gasteiger charge is -2.34. The third-order valence-corrected chi connectivity index (χ3v) is 4.77. The highest BCUT2D eigenvalue weighted by Crippen LogP contribution is 2.28. The van der Waals surface area contributed by atoms with Crippen molar-refractivity contribution < 1.29 is 0 Å². The minimum atomic E-state index is 0.559. The maximum absolute atomic E-state index is 3.52. The first-order valence-corrected chi connectivity index (χ1v) is 8.27. The Balaban J connectivity index is 2.08. The van der Waals surface area contributed by atoms with E-state index in [2.05, 4.69) is 55.4 Å². The molecule has 0 amide bonds. The van der Waals surface area contributed by atoms with E-state index < -0.39 is 0 Å². The van der Waals surface area contributed by atoms with Crippen molar-refractivity contribution >= 4 is 0 Å². The van der Waals surface area contributed by atoms with Crippen molar-refractivity contribution in [2.24, 2.45) is 0 Å². The maximum atomic E-state index is 3.52. The number of nitrogens with zero attached hydrogens (tertiary/aromatic N) is 1. The lowest BCUT2D eigenvalue weighted by atomic mass is 9.97. The Labute approximate surface area is 124 Å². The molecule has 2 rings (SSSR count). The molecule has 1 fully saturated rings. The van der Waals surface area contributed by atoms with Gasteiger partial charge in [-0.05, 0) is 63.4 Å². The zero-order valence-electron chi connectivity index (χ0n) is 13.4. The molecular weight excluding hydrogens is 244 g/mol. The summed E-state index contributed by atoms with van der Waals surface area (Å²) in [5.41, 5.74) is 2.91. The van der Waals surface area contributed by atoms with Gasteiger partial charge in [-0.3, -0.25) is 4.90 Å². The molecule has 1 aromatic carbocycles. The Hall–Kier alpha value is -0.860. The zero-order valence-corrected chi connectivity index (χ0v) is 13.4. The molecule has 1 aromatic rings. The van der Waals surface area contributed by atoms with E-state index in [4.69, 9.17) is 0 Å². The van der Waals surface area contributed by atoms with Crippen molar-refractivity contribution in [1.82, 2.24) is 10.2 Å². The second-order valence-corrected chi connectivity index (χ2v) is 6.02. The van der Waals surface area contributed by atoms with Crippen LogP contribution < -0.4 is 5.32 Å². The third-order valence-electron chi connectivity index (χ3n) is 4.77. The van der Waals surface area contributed by atoms with Gasteiger partial charge >= 0.3 is 0 Å². The van der Waals surface area contributed by atoms with Crippen LogP contribution in [0.1, 0.15) is 56.7 Å². The summed E-state index contributed by atoms with van der Waals surface area (Å²) < 4.78 is 0. The predicted octanol–water partition coefficient (Wildman–Crippen LogP) is 3.77. The van der Waals surface area contributed by atoms with Crippen LogP contribution in [0.2, 0.25) is 0 Å². The highest BCUT2D eigenvalue weighted by atomic mass is 15.2. The molecule has 0 radical (unpaired) electrons. The monoisotopic (exact) mass is 274 g/mol. The Morgan fingerprint density at radius 2 is 1.90 bits per heavy atom. The molecule has 1 heterocycles. The Bertz CT molecular complexity index is 377. The Morgan fingerprint density at radius 1 is 1.15 bits per heavy atom. The van der Waals surface area contributed by atoms with Gasteiger partial charge in [0.2, 0.25) is 0 Å². The lowest BCUT2D eigenvalue weighted by Crippen LogP contribution is -2.35. The van der Waals surface area contributed by atoms with Crippen LogP contribution in [0.3, 0.4) is 0 Å². The van der Waals surface area contributed by atoms with Crippen molar-refractivity contribution in [3.05, 3.63) is 35.4 Å². The summed E-state index contributed by atoms with van der Waals surface area (Å²) >= 11 is 0. The highest BCUT2D eigenvalue weighted by Gasteiger charge is 2.23. The number of nitrogens with one attached hydrogen (secondary N) is 1. The quantitative estimate of drug-likeness (QED) is 0.879. The molecule has 1 N–H and O–H groups in total. The van der Waals surface area contributed by atoms with Crippen LogP contribution in [0.4, 0.5) is 0 Å². The molecule has 20 heavy (non-hydrogen) atoms. The smallest absolute Gasteiger partial charge is 0.0345 e. The standard InChI is InChI=1S/C18H30N2/c1-4-15-8-10-16(11-9-15)18(5-2)20(3)17-7-6-13-19-14-12-17/h8-11,17-19H,4-7,12-14H2,1-3H3. The fraction of sp³-hybridized carbons (Fsp3) is 0.667. The highest BCUT2D eigenvalue weighted by molar-refractivity contribution is 5.25. The lowest BCUT2D eigenvalue weighted by molar-refractivity contribution is 0.156. The van der Waals surface area contributed by atoms with Gasteiger partial charge in [-0.15, -0.1) is 0 Å². The summed E-state index contributed by atoms with van der Waals surface area (Å²) in [6.07, 6.45) is 6.22. The number of rotatable bonds is 5. The van der Waals surface area contributed by atoms with Gasteiger partial charge in [-0.2, -0.15) is 0 Å². The summed E-state index contributed by atoms with van der Waals surface area (Å²) in [7, 11) is 2.32. The summed E-state index contributed by atoms with van der Waals surface area (Å²) in [5.74, 6) is 0. The van der Waals surface area contributed by atoms with Crippen LogP contribution in [0, 0.1) is 0 Å². The van der Waals surface area contributed by atoms with E-state index in [0.717, 1.165) is 12.5 Å². The van der Waals surface area contributed by atoms with E-state index in [1.54, 1.807) is 0 Å².